The highest BCUT2D eigenvalue weighted by Crippen LogP contribution is 2.03. The average Bonchev–Trinajstić information content (AvgIpc) is 2.86. The molecule has 0 unspecified atom stereocenters. The van der Waals surface area contributed by atoms with E-state index in [1.54, 1.807) is 12.1 Å². The second-order valence-corrected chi connectivity index (χ2v) is 6.61. The Labute approximate surface area is 132 Å². The third-order valence-electron chi connectivity index (χ3n) is 2.76. The number of hydrogen-bond acceptors (Lipinski definition) is 5. The average molecular weight is 341 g/mol. The van der Waals surface area contributed by atoms with E-state index in [2.05, 4.69) is 20.2 Å². The van der Waals surface area contributed by atoms with Crippen LogP contribution in [0.4, 0.5) is 10.2 Å². The number of rotatable bonds is 7. The number of halogens is 1. The van der Waals surface area contributed by atoms with Gasteiger partial charge in [0.15, 0.2) is 5.82 Å². The Morgan fingerprint density at radius 1 is 1.30 bits per heavy atom. The maximum atomic E-state index is 12.8. The summed E-state index contributed by atoms with van der Waals surface area (Å²) in [5.41, 5.74) is 0.906. The molecular weight excluding hydrogens is 325 g/mol. The molecule has 0 aliphatic rings. The molecule has 0 saturated heterocycles. The molecule has 1 aromatic heterocycles. The topological polar surface area (TPSA) is 106 Å². The van der Waals surface area contributed by atoms with E-state index >= 15 is 0 Å². The minimum absolute atomic E-state index is 0.0478. The van der Waals surface area contributed by atoms with Gasteiger partial charge in [0.25, 0.3) is 0 Å². The Bertz CT molecular complexity index is 773. The lowest BCUT2D eigenvalue weighted by Gasteiger charge is -2.05. The van der Waals surface area contributed by atoms with Crippen LogP contribution in [0.1, 0.15) is 5.56 Å². The van der Waals surface area contributed by atoms with Crippen molar-refractivity contribution in [1.29, 1.82) is 0 Å². The number of nitrogens with one attached hydrogen (secondary N) is 2. The largest absolute Gasteiger partial charge is 0.354 e. The van der Waals surface area contributed by atoms with E-state index in [-0.39, 0.29) is 24.1 Å². The van der Waals surface area contributed by atoms with Crippen molar-refractivity contribution in [3.05, 3.63) is 41.8 Å². The van der Waals surface area contributed by atoms with Crippen molar-refractivity contribution in [3.63, 3.8) is 0 Å². The summed E-state index contributed by atoms with van der Waals surface area (Å²) in [7, 11) is -3.43. The number of sulfonamides is 1. The molecule has 10 heteroatoms. The molecule has 0 fully saturated rings. The minimum atomic E-state index is -3.43. The van der Waals surface area contributed by atoms with Crippen molar-refractivity contribution >= 4 is 21.7 Å². The lowest BCUT2D eigenvalue weighted by atomic mass is 10.1. The van der Waals surface area contributed by atoms with Gasteiger partial charge in [-0.15, -0.1) is 5.10 Å². The van der Waals surface area contributed by atoms with E-state index in [1.807, 2.05) is 0 Å². The summed E-state index contributed by atoms with van der Waals surface area (Å²) < 4.78 is 37.0. The molecule has 1 amide bonds. The van der Waals surface area contributed by atoms with Gasteiger partial charge in [0, 0.05) is 6.54 Å². The second-order valence-electron chi connectivity index (χ2n) is 4.86. The van der Waals surface area contributed by atoms with Crippen molar-refractivity contribution < 1.29 is 17.6 Å². The van der Waals surface area contributed by atoms with Crippen LogP contribution in [-0.2, 0) is 27.8 Å². The quantitative estimate of drug-likeness (QED) is 0.745. The first-order chi connectivity index (χ1) is 10.8. The first kappa shape index (κ1) is 16.9. The molecule has 23 heavy (non-hydrogen) atoms. The fraction of sp³-hybridized carbons (Fsp3) is 0.308. The maximum absolute atomic E-state index is 12.8. The van der Waals surface area contributed by atoms with Crippen molar-refractivity contribution in [2.24, 2.45) is 0 Å². The van der Waals surface area contributed by atoms with E-state index in [0.717, 1.165) is 16.6 Å². The maximum Gasteiger partial charge on any atom is 0.243 e. The summed E-state index contributed by atoms with van der Waals surface area (Å²) in [6, 6.07) is 6.03. The third-order valence-corrected chi connectivity index (χ3v) is 3.34. The normalized spacial score (nSPS) is 11.2. The molecule has 0 saturated carbocycles. The van der Waals surface area contributed by atoms with Crippen LogP contribution < -0.4 is 10.0 Å². The lowest BCUT2D eigenvalue weighted by molar-refractivity contribution is -0.122. The van der Waals surface area contributed by atoms with Gasteiger partial charge in [-0.2, -0.15) is 9.90 Å². The molecule has 0 radical (unpaired) electrons. The van der Waals surface area contributed by atoms with Gasteiger partial charge < -0.3 is 5.32 Å². The number of aromatic nitrogens is 3. The van der Waals surface area contributed by atoms with Gasteiger partial charge in [0.2, 0.25) is 15.9 Å². The van der Waals surface area contributed by atoms with Gasteiger partial charge in [-0.3, -0.25) is 9.52 Å². The van der Waals surface area contributed by atoms with Gasteiger partial charge in [-0.25, -0.2) is 12.8 Å². The van der Waals surface area contributed by atoms with Crippen LogP contribution in [0.3, 0.4) is 0 Å². The monoisotopic (exact) mass is 341 g/mol. The number of benzene rings is 1. The van der Waals surface area contributed by atoms with E-state index in [1.165, 1.54) is 18.3 Å². The molecule has 0 aliphatic heterocycles. The first-order valence-corrected chi connectivity index (χ1v) is 8.60. The molecular formula is C13H16FN5O3S. The Hall–Kier alpha value is -2.49. The number of amides is 1. The zero-order chi connectivity index (χ0) is 16.9. The number of carbonyl (C=O) groups excluding carboxylic acids is 1. The minimum Gasteiger partial charge on any atom is -0.354 e. The Balaban J connectivity index is 1.77. The van der Waals surface area contributed by atoms with Crippen LogP contribution in [0.5, 0.6) is 0 Å². The molecule has 2 N–H and O–H groups in total. The summed E-state index contributed by atoms with van der Waals surface area (Å²) in [6.07, 6.45) is 2.78. The summed E-state index contributed by atoms with van der Waals surface area (Å²) >= 11 is 0. The number of hydrogen-bond donors (Lipinski definition) is 2. The molecule has 0 atom stereocenters. The highest BCUT2D eigenvalue weighted by Gasteiger charge is 2.08. The van der Waals surface area contributed by atoms with E-state index in [0.29, 0.717) is 13.0 Å². The van der Waals surface area contributed by atoms with Crippen LogP contribution in [-0.4, -0.2) is 42.1 Å². The van der Waals surface area contributed by atoms with Crippen molar-refractivity contribution in [2.45, 2.75) is 13.0 Å². The molecule has 1 aromatic carbocycles. The predicted octanol–water partition coefficient (Wildman–Crippen LogP) is 0.148. The van der Waals surface area contributed by atoms with Crippen molar-refractivity contribution in [1.82, 2.24) is 20.3 Å². The summed E-state index contributed by atoms with van der Waals surface area (Å²) in [5.74, 6) is -0.568. The molecule has 1 heterocycles. The van der Waals surface area contributed by atoms with Gasteiger partial charge >= 0.3 is 0 Å². The second kappa shape index (κ2) is 7.18. The van der Waals surface area contributed by atoms with Crippen LogP contribution in [0.2, 0.25) is 0 Å². The highest BCUT2D eigenvalue weighted by atomic mass is 32.2. The van der Waals surface area contributed by atoms with E-state index < -0.39 is 10.0 Å². The molecule has 0 bridgehead atoms. The highest BCUT2D eigenvalue weighted by molar-refractivity contribution is 7.92. The smallest absolute Gasteiger partial charge is 0.243 e. The fourth-order valence-corrected chi connectivity index (χ4v) is 2.27. The zero-order valence-corrected chi connectivity index (χ0v) is 13.2. The summed E-state index contributed by atoms with van der Waals surface area (Å²) in [6.45, 7) is 0.259. The van der Waals surface area contributed by atoms with Crippen LogP contribution >= 0.6 is 0 Å². The van der Waals surface area contributed by atoms with Crippen molar-refractivity contribution in [2.75, 3.05) is 17.5 Å². The number of nitrogens with zero attached hydrogens (tertiary/aromatic N) is 3. The first-order valence-electron chi connectivity index (χ1n) is 6.71. The fourth-order valence-electron chi connectivity index (χ4n) is 1.79. The molecule has 2 aromatic rings. The molecule has 124 valence electrons. The number of anilines is 1. The standard InChI is InChI=1S/C13H16FN5O3S/c1-23(21,22)18-12-8-16-19(17-12)9-13(20)15-7-6-10-2-4-11(14)5-3-10/h2-5,8H,6-7,9H2,1H3,(H,15,20)(H,17,18). The predicted molar refractivity (Wildman–Crippen MR) is 81.6 cm³/mol. The summed E-state index contributed by atoms with van der Waals surface area (Å²) in [4.78, 5) is 12.8. The van der Waals surface area contributed by atoms with Crippen LogP contribution in [0.25, 0.3) is 0 Å². The molecule has 0 aliphatic carbocycles. The third kappa shape index (κ3) is 6.02. The van der Waals surface area contributed by atoms with Gasteiger partial charge in [0.05, 0.1) is 12.5 Å². The van der Waals surface area contributed by atoms with Crippen LogP contribution in [0, 0.1) is 5.82 Å². The Morgan fingerprint density at radius 3 is 2.65 bits per heavy atom. The molecule has 0 spiro atoms. The van der Waals surface area contributed by atoms with E-state index in [9.17, 15) is 17.6 Å². The SMILES string of the molecule is CS(=O)(=O)Nc1cnn(CC(=O)NCCc2ccc(F)cc2)n1. The number of carbonyl (C=O) groups is 1. The van der Waals surface area contributed by atoms with E-state index in [4.69, 9.17) is 0 Å². The Kier molecular flexibility index (Phi) is 5.27. The molecule has 8 nitrogen and oxygen atoms in total. The lowest BCUT2D eigenvalue weighted by Crippen LogP contribution is -2.30. The summed E-state index contributed by atoms with van der Waals surface area (Å²) in [5, 5.41) is 10.3. The molecule has 2 rings (SSSR count). The van der Waals surface area contributed by atoms with Gasteiger partial charge in [0.1, 0.15) is 12.4 Å². The van der Waals surface area contributed by atoms with Gasteiger partial charge in [-0.1, -0.05) is 12.1 Å². The van der Waals surface area contributed by atoms with Crippen molar-refractivity contribution in [3.8, 4) is 0 Å². The Morgan fingerprint density at radius 2 is 2.00 bits per heavy atom. The van der Waals surface area contributed by atoms with Crippen LogP contribution in [0.15, 0.2) is 30.5 Å². The zero-order valence-electron chi connectivity index (χ0n) is 12.4. The van der Waals surface area contributed by atoms with Gasteiger partial charge in [-0.05, 0) is 24.1 Å².